The summed E-state index contributed by atoms with van der Waals surface area (Å²) in [5, 5.41) is 10.5. The average molecular weight is 734 g/mol. The number of allylic oxidation sites excluding steroid dienone is 1. The molecule has 0 bridgehead atoms. The van der Waals surface area contributed by atoms with Crippen molar-refractivity contribution in [2.75, 3.05) is 13.7 Å². The Morgan fingerprint density at radius 1 is 1.31 bits per heavy atom. The van der Waals surface area contributed by atoms with Crippen molar-refractivity contribution in [2.45, 2.75) is 19.9 Å². The van der Waals surface area contributed by atoms with Gasteiger partial charge in [0.2, 0.25) is 0 Å². The number of hydrogen-bond acceptors (Lipinski definition) is 7. The highest BCUT2D eigenvalue weighted by Crippen LogP contribution is 2.35. The second-order valence-electron chi connectivity index (χ2n) is 7.52. The minimum atomic E-state index is -0.745. The molecular weight excluding hydrogens is 715 g/mol. The molecule has 0 aliphatic carbocycles. The number of phenols is 1. The molecule has 0 amide bonds. The maximum Gasteiger partial charge on any atom is 0.338 e. The van der Waals surface area contributed by atoms with E-state index in [9.17, 15) is 14.7 Å². The van der Waals surface area contributed by atoms with Crippen LogP contribution in [-0.4, -0.2) is 29.4 Å². The Bertz CT molecular complexity index is 1560. The van der Waals surface area contributed by atoms with E-state index in [1.165, 1.54) is 15.9 Å². The van der Waals surface area contributed by atoms with E-state index < -0.39 is 12.0 Å². The van der Waals surface area contributed by atoms with E-state index in [1.54, 1.807) is 45.2 Å². The first-order valence-electron chi connectivity index (χ1n) is 10.4. The molecule has 1 aromatic heterocycles. The van der Waals surface area contributed by atoms with Gasteiger partial charge in [-0.1, -0.05) is 33.3 Å². The van der Waals surface area contributed by atoms with E-state index in [0.29, 0.717) is 45.5 Å². The van der Waals surface area contributed by atoms with Crippen molar-refractivity contribution < 1.29 is 19.4 Å². The van der Waals surface area contributed by atoms with Gasteiger partial charge in [-0.3, -0.25) is 9.36 Å². The summed E-state index contributed by atoms with van der Waals surface area (Å²) in [6.07, 6.45) is 1.64. The van der Waals surface area contributed by atoms with Gasteiger partial charge >= 0.3 is 5.97 Å². The smallest absolute Gasteiger partial charge is 0.338 e. The summed E-state index contributed by atoms with van der Waals surface area (Å²) in [4.78, 5) is 31.7. The monoisotopic (exact) mass is 732 g/mol. The molecule has 1 aliphatic heterocycles. The van der Waals surface area contributed by atoms with Crippen molar-refractivity contribution in [3.63, 3.8) is 0 Å². The average Bonchev–Trinajstić information content (AvgIpc) is 3.10. The lowest BCUT2D eigenvalue weighted by Gasteiger charge is -2.25. The summed E-state index contributed by atoms with van der Waals surface area (Å²) in [5.74, 6) is 0.178. The molecule has 7 nitrogen and oxygen atoms in total. The standard InChI is InChI=1S/C24H19Br2IN2O5S/c1-4-34-23(32)19-11(2)28-24-29(20(19)12-5-6-17(33-3)15(26)8-12)22(31)18(35-24)9-13-7-14(25)10-16(27)21(13)30/h5-10,20,30H,4H2,1-3H3/b18-9+/t20-/m0/s1. The highest BCUT2D eigenvalue weighted by Gasteiger charge is 2.33. The minimum absolute atomic E-state index is 0.0821. The number of esters is 1. The number of carbonyl (C=O) groups is 1. The minimum Gasteiger partial charge on any atom is -0.506 e. The second-order valence-corrected chi connectivity index (χ2v) is 11.5. The van der Waals surface area contributed by atoms with E-state index in [1.807, 2.05) is 34.7 Å². The zero-order valence-electron chi connectivity index (χ0n) is 18.8. The van der Waals surface area contributed by atoms with Crippen LogP contribution in [0.2, 0.25) is 0 Å². The summed E-state index contributed by atoms with van der Waals surface area (Å²) >= 11 is 10.2. The molecular formula is C24H19Br2IN2O5S. The molecule has 182 valence electrons. The number of nitrogens with zero attached hydrogens (tertiary/aromatic N) is 2. The van der Waals surface area contributed by atoms with Crippen molar-refractivity contribution in [3.8, 4) is 11.5 Å². The van der Waals surface area contributed by atoms with Crippen molar-refractivity contribution in [2.24, 2.45) is 4.99 Å². The third kappa shape index (κ3) is 5.00. The largest absolute Gasteiger partial charge is 0.506 e. The van der Waals surface area contributed by atoms with Crippen molar-refractivity contribution in [1.29, 1.82) is 0 Å². The van der Waals surface area contributed by atoms with Crippen LogP contribution in [0.1, 0.15) is 31.0 Å². The van der Waals surface area contributed by atoms with Crippen LogP contribution < -0.4 is 19.6 Å². The Morgan fingerprint density at radius 2 is 2.06 bits per heavy atom. The Labute approximate surface area is 235 Å². The van der Waals surface area contributed by atoms with Gasteiger partial charge in [-0.2, -0.15) is 0 Å². The molecule has 0 radical (unpaired) electrons. The van der Waals surface area contributed by atoms with E-state index in [-0.39, 0.29) is 17.9 Å². The quantitative estimate of drug-likeness (QED) is 0.305. The van der Waals surface area contributed by atoms with Crippen LogP contribution in [0.3, 0.4) is 0 Å². The van der Waals surface area contributed by atoms with Crippen LogP contribution in [0.5, 0.6) is 11.5 Å². The SMILES string of the molecule is CCOC(=O)C1=C(C)N=c2s/c(=C/c3cc(Br)cc(I)c3O)c(=O)n2[C@H]1c1ccc(OC)c(Br)c1. The molecule has 0 saturated heterocycles. The molecule has 11 heteroatoms. The number of carbonyl (C=O) groups excluding carboxylic acids is 1. The van der Waals surface area contributed by atoms with E-state index in [0.717, 1.165) is 4.47 Å². The molecule has 1 atom stereocenters. The lowest BCUT2D eigenvalue weighted by Crippen LogP contribution is -2.40. The molecule has 0 fully saturated rings. The van der Waals surface area contributed by atoms with Gasteiger partial charge in [0.05, 0.1) is 43.6 Å². The van der Waals surface area contributed by atoms with Gasteiger partial charge in [-0.05, 0) is 88.3 Å². The second kappa shape index (κ2) is 10.6. The van der Waals surface area contributed by atoms with Crippen LogP contribution in [-0.2, 0) is 9.53 Å². The summed E-state index contributed by atoms with van der Waals surface area (Å²) in [6.45, 7) is 3.66. The van der Waals surface area contributed by atoms with Gasteiger partial charge in [0.1, 0.15) is 11.5 Å². The summed E-state index contributed by atoms with van der Waals surface area (Å²) in [5.41, 5.74) is 1.65. The van der Waals surface area contributed by atoms with Gasteiger partial charge in [0.25, 0.3) is 5.56 Å². The van der Waals surface area contributed by atoms with E-state index in [2.05, 4.69) is 36.9 Å². The number of aromatic nitrogens is 1. The molecule has 0 spiro atoms. The summed E-state index contributed by atoms with van der Waals surface area (Å²) < 4.78 is 14.7. The van der Waals surface area contributed by atoms with Gasteiger partial charge in [0, 0.05) is 10.0 Å². The van der Waals surface area contributed by atoms with Gasteiger partial charge < -0.3 is 14.6 Å². The van der Waals surface area contributed by atoms with Crippen molar-refractivity contribution >= 4 is 77.8 Å². The topological polar surface area (TPSA) is 90.1 Å². The molecule has 2 aromatic carbocycles. The highest BCUT2D eigenvalue weighted by molar-refractivity contribution is 14.1. The lowest BCUT2D eigenvalue weighted by atomic mass is 9.96. The van der Waals surface area contributed by atoms with Crippen LogP contribution in [0.15, 0.2) is 60.3 Å². The Morgan fingerprint density at radius 3 is 2.71 bits per heavy atom. The number of rotatable bonds is 5. The van der Waals surface area contributed by atoms with Crippen LogP contribution in [0, 0.1) is 3.57 Å². The Balaban J connectivity index is 1.99. The van der Waals surface area contributed by atoms with E-state index in [4.69, 9.17) is 9.47 Å². The highest BCUT2D eigenvalue weighted by atomic mass is 127. The zero-order valence-corrected chi connectivity index (χ0v) is 24.9. The first kappa shape index (κ1) is 26.1. The van der Waals surface area contributed by atoms with Crippen molar-refractivity contribution in [1.82, 2.24) is 4.57 Å². The summed E-state index contributed by atoms with van der Waals surface area (Å²) in [6, 6.07) is 8.18. The number of hydrogen-bond donors (Lipinski definition) is 1. The van der Waals surface area contributed by atoms with Crippen molar-refractivity contribution in [3.05, 3.63) is 84.9 Å². The maximum atomic E-state index is 13.7. The van der Waals surface area contributed by atoms with Gasteiger partial charge in [-0.25, -0.2) is 9.79 Å². The maximum absolute atomic E-state index is 13.7. The number of aromatic hydroxyl groups is 1. The first-order valence-corrected chi connectivity index (χ1v) is 13.9. The number of methoxy groups -OCH3 is 1. The number of thiazole rings is 1. The predicted octanol–water partition coefficient (Wildman–Crippen LogP) is 4.64. The molecule has 2 heterocycles. The number of fused-ring (bicyclic) bond motifs is 1. The number of halogens is 3. The number of benzene rings is 2. The van der Waals surface area contributed by atoms with Crippen LogP contribution in [0.25, 0.3) is 6.08 Å². The van der Waals surface area contributed by atoms with Crippen LogP contribution >= 0.6 is 65.8 Å². The molecule has 1 aliphatic rings. The lowest BCUT2D eigenvalue weighted by molar-refractivity contribution is -0.139. The van der Waals surface area contributed by atoms with Gasteiger partial charge in [0.15, 0.2) is 4.80 Å². The fourth-order valence-electron chi connectivity index (χ4n) is 3.80. The first-order chi connectivity index (χ1) is 16.7. The Kier molecular flexibility index (Phi) is 7.89. The molecule has 35 heavy (non-hydrogen) atoms. The molecule has 4 rings (SSSR count). The molecule has 3 aromatic rings. The molecule has 0 unspecified atom stereocenters. The normalized spacial score (nSPS) is 15.6. The van der Waals surface area contributed by atoms with Crippen LogP contribution in [0.4, 0.5) is 0 Å². The third-order valence-electron chi connectivity index (χ3n) is 5.35. The van der Waals surface area contributed by atoms with E-state index >= 15 is 0 Å². The number of ether oxygens (including phenoxy) is 2. The summed E-state index contributed by atoms with van der Waals surface area (Å²) in [7, 11) is 1.56. The predicted molar refractivity (Wildman–Crippen MR) is 150 cm³/mol. The number of phenolic OH excluding ortho intramolecular Hbond substituents is 1. The van der Waals surface area contributed by atoms with Gasteiger partial charge in [-0.15, -0.1) is 0 Å². The molecule has 0 saturated carbocycles. The third-order valence-corrected chi connectivity index (χ3v) is 8.24. The zero-order chi connectivity index (χ0) is 25.4. The fourth-order valence-corrected chi connectivity index (χ4v) is 6.94. The Hall–Kier alpha value is -1.96. The fraction of sp³-hybridized carbons (Fsp3) is 0.208. The molecule has 1 N–H and O–H groups in total.